The molecule has 0 radical (unpaired) electrons. The van der Waals surface area contributed by atoms with Gasteiger partial charge in [-0.15, -0.1) is 24.0 Å². The van der Waals surface area contributed by atoms with Crippen LogP contribution in [0.5, 0.6) is 0 Å². The summed E-state index contributed by atoms with van der Waals surface area (Å²) in [6, 6.07) is 7.43. The van der Waals surface area contributed by atoms with Crippen LogP contribution in [0.4, 0.5) is 0 Å². The number of benzene rings is 1. The summed E-state index contributed by atoms with van der Waals surface area (Å²) in [6.45, 7) is 5.23. The molecule has 9 heteroatoms. The van der Waals surface area contributed by atoms with Crippen molar-refractivity contribution in [3.63, 3.8) is 0 Å². The Morgan fingerprint density at radius 2 is 2.10 bits per heavy atom. The summed E-state index contributed by atoms with van der Waals surface area (Å²) in [4.78, 5) is 8.81. The summed E-state index contributed by atoms with van der Waals surface area (Å²) in [5.74, 6) is 1.93. The zero-order valence-corrected chi connectivity index (χ0v) is 21.4. The van der Waals surface area contributed by atoms with Crippen LogP contribution in [-0.2, 0) is 11.2 Å². The molecule has 172 valence electrons. The van der Waals surface area contributed by atoms with Crippen molar-refractivity contribution in [2.75, 3.05) is 33.4 Å². The summed E-state index contributed by atoms with van der Waals surface area (Å²) in [5, 5.41) is 11.5. The van der Waals surface area contributed by atoms with E-state index in [9.17, 15) is 0 Å². The molecule has 2 N–H and O–H groups in total. The topological polar surface area (TPSA) is 84.6 Å². The van der Waals surface area contributed by atoms with Crippen LogP contribution in [0, 0.1) is 5.41 Å². The number of halogens is 2. The molecule has 1 saturated carbocycles. The maximum atomic E-state index is 6.03. The molecule has 31 heavy (non-hydrogen) atoms. The monoisotopic (exact) mass is 561 g/mol. The van der Waals surface area contributed by atoms with Crippen LogP contribution in [0.15, 0.2) is 33.8 Å². The molecular weight excluding hydrogens is 529 g/mol. The SMILES string of the molecule is CCOCCC1(CNC(=NC)NCCc2nc(-c3cccc(Cl)c3)no2)CCCC1.I. The van der Waals surface area contributed by atoms with Gasteiger partial charge in [0.15, 0.2) is 5.96 Å². The lowest BCUT2D eigenvalue weighted by molar-refractivity contribution is 0.105. The first-order chi connectivity index (χ1) is 14.6. The standard InChI is InChI=1S/C22H32ClN5O2.HI/c1-3-29-14-12-22(10-4-5-11-22)16-26-21(24-2)25-13-9-19-27-20(28-30-19)17-7-6-8-18(23)15-17;/h6-8,15H,3-5,9-14,16H2,1-2H3,(H2,24,25,26);1H. The maximum Gasteiger partial charge on any atom is 0.228 e. The number of aromatic nitrogens is 2. The highest BCUT2D eigenvalue weighted by molar-refractivity contribution is 14.0. The fraction of sp³-hybridized carbons (Fsp3) is 0.591. The predicted molar refractivity (Wildman–Crippen MR) is 135 cm³/mol. The Kier molecular flexibility index (Phi) is 11.0. The molecular formula is C22H33ClIN5O2. The van der Waals surface area contributed by atoms with Crippen LogP contribution in [0.1, 0.15) is 44.9 Å². The number of rotatable bonds is 10. The summed E-state index contributed by atoms with van der Waals surface area (Å²) in [6.07, 6.45) is 6.80. The van der Waals surface area contributed by atoms with Crippen molar-refractivity contribution in [1.29, 1.82) is 0 Å². The summed E-state index contributed by atoms with van der Waals surface area (Å²) < 4.78 is 11.0. The van der Waals surface area contributed by atoms with E-state index in [0.717, 1.165) is 37.7 Å². The van der Waals surface area contributed by atoms with Crippen LogP contribution in [0.3, 0.4) is 0 Å². The summed E-state index contributed by atoms with van der Waals surface area (Å²) >= 11 is 6.03. The second-order valence-electron chi connectivity index (χ2n) is 7.78. The first-order valence-corrected chi connectivity index (χ1v) is 11.1. The van der Waals surface area contributed by atoms with Crippen molar-refractivity contribution in [3.8, 4) is 11.4 Å². The van der Waals surface area contributed by atoms with Gasteiger partial charge in [-0.2, -0.15) is 4.98 Å². The molecule has 0 amide bonds. The first-order valence-electron chi connectivity index (χ1n) is 10.7. The second-order valence-corrected chi connectivity index (χ2v) is 8.22. The lowest BCUT2D eigenvalue weighted by Crippen LogP contribution is -2.44. The highest BCUT2D eigenvalue weighted by atomic mass is 127. The van der Waals surface area contributed by atoms with E-state index in [1.807, 2.05) is 31.2 Å². The van der Waals surface area contributed by atoms with Crippen molar-refractivity contribution in [3.05, 3.63) is 35.2 Å². The molecule has 0 saturated heterocycles. The molecule has 7 nitrogen and oxygen atoms in total. The number of nitrogens with one attached hydrogen (secondary N) is 2. The molecule has 1 heterocycles. The fourth-order valence-electron chi connectivity index (χ4n) is 3.95. The highest BCUT2D eigenvalue weighted by Crippen LogP contribution is 2.40. The Hall–Kier alpha value is -1.39. The lowest BCUT2D eigenvalue weighted by atomic mass is 9.83. The van der Waals surface area contributed by atoms with E-state index in [1.54, 1.807) is 7.05 Å². The average molecular weight is 562 g/mol. The molecule has 2 aromatic rings. The fourth-order valence-corrected chi connectivity index (χ4v) is 4.14. The third-order valence-electron chi connectivity index (χ3n) is 5.68. The second kappa shape index (κ2) is 13.2. The highest BCUT2D eigenvalue weighted by Gasteiger charge is 2.33. The first kappa shape index (κ1) is 25.9. The number of nitrogens with zero attached hydrogens (tertiary/aromatic N) is 3. The molecule has 0 aliphatic heterocycles. The molecule has 1 aromatic carbocycles. The Balaban J connectivity index is 0.00000341. The largest absolute Gasteiger partial charge is 0.382 e. The van der Waals surface area contributed by atoms with E-state index in [0.29, 0.717) is 35.1 Å². The van der Waals surface area contributed by atoms with Gasteiger partial charge in [-0.05, 0) is 43.7 Å². The van der Waals surface area contributed by atoms with E-state index < -0.39 is 0 Å². The Labute approximate surface area is 206 Å². The predicted octanol–water partition coefficient (Wildman–Crippen LogP) is 4.70. The van der Waals surface area contributed by atoms with E-state index >= 15 is 0 Å². The van der Waals surface area contributed by atoms with Gasteiger partial charge < -0.3 is 19.9 Å². The molecule has 0 spiro atoms. The van der Waals surface area contributed by atoms with Gasteiger partial charge in [0.25, 0.3) is 0 Å². The third kappa shape index (κ3) is 7.91. The number of hydrogen-bond acceptors (Lipinski definition) is 5. The molecule has 1 fully saturated rings. The van der Waals surface area contributed by atoms with Crippen molar-refractivity contribution in [2.45, 2.75) is 45.4 Å². The lowest BCUT2D eigenvalue weighted by Gasteiger charge is -2.30. The minimum absolute atomic E-state index is 0. The minimum Gasteiger partial charge on any atom is -0.382 e. The van der Waals surface area contributed by atoms with Gasteiger partial charge in [0.2, 0.25) is 11.7 Å². The van der Waals surface area contributed by atoms with Crippen molar-refractivity contribution < 1.29 is 9.26 Å². The van der Waals surface area contributed by atoms with Crippen molar-refractivity contribution in [2.24, 2.45) is 10.4 Å². The minimum atomic E-state index is 0. The molecule has 0 bridgehead atoms. The molecule has 1 aliphatic carbocycles. The molecule has 0 unspecified atom stereocenters. The molecule has 3 rings (SSSR count). The van der Waals surface area contributed by atoms with E-state index in [-0.39, 0.29) is 24.0 Å². The van der Waals surface area contributed by atoms with Crippen LogP contribution in [0.2, 0.25) is 5.02 Å². The number of hydrogen-bond donors (Lipinski definition) is 2. The summed E-state index contributed by atoms with van der Waals surface area (Å²) in [7, 11) is 1.79. The van der Waals surface area contributed by atoms with Crippen LogP contribution < -0.4 is 10.6 Å². The van der Waals surface area contributed by atoms with Crippen molar-refractivity contribution in [1.82, 2.24) is 20.8 Å². The summed E-state index contributed by atoms with van der Waals surface area (Å²) in [5.41, 5.74) is 1.15. The van der Waals surface area contributed by atoms with Gasteiger partial charge in [0.05, 0.1) is 0 Å². The normalized spacial score (nSPS) is 15.5. The van der Waals surface area contributed by atoms with Crippen molar-refractivity contribution >= 4 is 41.5 Å². The molecule has 0 atom stereocenters. The Morgan fingerprint density at radius 3 is 2.81 bits per heavy atom. The zero-order chi connectivity index (χ0) is 21.2. The Bertz CT molecular complexity index is 824. The van der Waals surface area contributed by atoms with Gasteiger partial charge in [0, 0.05) is 50.4 Å². The van der Waals surface area contributed by atoms with Gasteiger partial charge in [-0.1, -0.05) is 41.7 Å². The van der Waals surface area contributed by atoms with E-state index in [2.05, 4.69) is 25.8 Å². The number of ether oxygens (including phenoxy) is 1. The van der Waals surface area contributed by atoms with E-state index in [1.165, 1.54) is 25.7 Å². The number of guanidine groups is 1. The molecule has 1 aromatic heterocycles. The van der Waals surface area contributed by atoms with Gasteiger partial charge in [-0.25, -0.2) is 0 Å². The quantitative estimate of drug-likeness (QED) is 0.189. The van der Waals surface area contributed by atoms with Gasteiger partial charge in [-0.3, -0.25) is 4.99 Å². The van der Waals surface area contributed by atoms with E-state index in [4.69, 9.17) is 20.9 Å². The van der Waals surface area contributed by atoms with Crippen LogP contribution >= 0.6 is 35.6 Å². The van der Waals surface area contributed by atoms with Gasteiger partial charge in [0.1, 0.15) is 0 Å². The van der Waals surface area contributed by atoms with Crippen LogP contribution in [-0.4, -0.2) is 49.5 Å². The third-order valence-corrected chi connectivity index (χ3v) is 5.92. The average Bonchev–Trinajstić information content (AvgIpc) is 3.41. The molecule has 1 aliphatic rings. The smallest absolute Gasteiger partial charge is 0.228 e. The number of aliphatic imine (C=N–C) groups is 1. The zero-order valence-electron chi connectivity index (χ0n) is 18.3. The Morgan fingerprint density at radius 1 is 1.29 bits per heavy atom. The van der Waals surface area contributed by atoms with Gasteiger partial charge >= 0.3 is 0 Å². The van der Waals surface area contributed by atoms with Crippen LogP contribution in [0.25, 0.3) is 11.4 Å². The maximum absolute atomic E-state index is 6.03.